The molecule has 0 saturated carbocycles. The molecule has 186 valence electrons. The van der Waals surface area contributed by atoms with Gasteiger partial charge in [0, 0.05) is 35.9 Å². The van der Waals surface area contributed by atoms with Gasteiger partial charge >= 0.3 is 0 Å². The number of imide groups is 1. The summed E-state index contributed by atoms with van der Waals surface area (Å²) in [6.45, 7) is 0. The molecule has 2 heterocycles. The van der Waals surface area contributed by atoms with Crippen LogP contribution in [0.5, 0.6) is 0 Å². The van der Waals surface area contributed by atoms with E-state index in [1.165, 1.54) is 16.3 Å². The maximum Gasteiger partial charge on any atom is 0.266 e. The molecule has 37 heavy (non-hydrogen) atoms. The van der Waals surface area contributed by atoms with Gasteiger partial charge in [-0.1, -0.05) is 30.3 Å². The van der Waals surface area contributed by atoms with Crippen molar-refractivity contribution in [3.8, 4) is 0 Å². The topological polar surface area (TPSA) is 119 Å². The van der Waals surface area contributed by atoms with Gasteiger partial charge in [0.2, 0.25) is 5.95 Å². The Bertz CT molecular complexity index is 1470. The number of nitrogens with one attached hydrogen (secondary N) is 1. The van der Waals surface area contributed by atoms with Crippen LogP contribution < -0.4 is 14.5 Å². The van der Waals surface area contributed by atoms with Crippen molar-refractivity contribution >= 4 is 46.1 Å². The third kappa shape index (κ3) is 4.97. The van der Waals surface area contributed by atoms with E-state index in [9.17, 15) is 18.4 Å². The Morgan fingerprint density at radius 2 is 1.54 bits per heavy atom. The van der Waals surface area contributed by atoms with Gasteiger partial charge in [-0.25, -0.2) is 14.9 Å². The molecule has 0 bridgehead atoms. The van der Waals surface area contributed by atoms with Crippen LogP contribution in [-0.4, -0.2) is 37.6 Å². The highest BCUT2D eigenvalue weighted by atomic mass is 32.2. The van der Waals surface area contributed by atoms with Gasteiger partial charge in [-0.3, -0.25) is 13.8 Å². The minimum atomic E-state index is -2.36. The number of amides is 2. The number of hydrogen-bond donors (Lipinski definition) is 1. The van der Waals surface area contributed by atoms with E-state index in [1.807, 2.05) is 18.2 Å². The third-order valence-electron chi connectivity index (χ3n) is 6.09. The quantitative estimate of drug-likeness (QED) is 0.280. The van der Waals surface area contributed by atoms with Gasteiger partial charge in [-0.15, -0.1) is 0 Å². The summed E-state index contributed by atoms with van der Waals surface area (Å²) in [5.41, 5.74) is 4.29. The van der Waals surface area contributed by atoms with Crippen molar-refractivity contribution in [3.05, 3.63) is 107 Å². The molecule has 9 nitrogen and oxygen atoms in total. The van der Waals surface area contributed by atoms with Crippen molar-refractivity contribution in [1.29, 1.82) is 0 Å². The molecule has 0 spiro atoms. The van der Waals surface area contributed by atoms with E-state index in [2.05, 4.69) is 15.3 Å². The van der Waals surface area contributed by atoms with Crippen molar-refractivity contribution in [2.24, 2.45) is 0 Å². The summed E-state index contributed by atoms with van der Waals surface area (Å²) in [7, 11) is 1.51. The van der Waals surface area contributed by atoms with E-state index in [0.29, 0.717) is 47.0 Å². The predicted molar refractivity (Wildman–Crippen MR) is 141 cm³/mol. The van der Waals surface area contributed by atoms with Crippen LogP contribution >= 0.6 is 0 Å². The predicted octanol–water partition coefficient (Wildman–Crippen LogP) is 4.04. The average molecular weight is 513 g/mol. The summed E-state index contributed by atoms with van der Waals surface area (Å²) < 4.78 is 24.0. The molecule has 3 aromatic carbocycles. The molecule has 0 aliphatic carbocycles. The third-order valence-corrected chi connectivity index (χ3v) is 6.74. The highest BCUT2D eigenvalue weighted by molar-refractivity contribution is 7.80. The van der Waals surface area contributed by atoms with Gasteiger partial charge in [0.05, 0.1) is 22.5 Å². The molecule has 0 fully saturated rings. The van der Waals surface area contributed by atoms with Crippen LogP contribution in [0, 0.1) is 0 Å². The standard InChI is InChI=1S/C27H23N5O4S/c1-31(37(35)36)24-9-5-2-6-18(24)10-11-20-16-17-28-27(30-20)29-19-12-14-21(15-13-19)32-25(33)22-7-3-4-8-23(22)26(32)34/h2-9,12-17H,10-11H2,1H3,(H,35,36)(H,28,29,30)/p-1. The van der Waals surface area contributed by atoms with Crippen molar-refractivity contribution in [1.82, 2.24) is 9.97 Å². The number of hydrogen-bond acceptors (Lipinski definition) is 7. The number of carbonyl (C=O) groups is 2. The summed E-state index contributed by atoms with van der Waals surface area (Å²) in [6, 6.07) is 22.8. The molecule has 2 amide bonds. The lowest BCUT2D eigenvalue weighted by Gasteiger charge is -2.23. The average Bonchev–Trinajstić information content (AvgIpc) is 3.17. The van der Waals surface area contributed by atoms with E-state index < -0.39 is 11.3 Å². The van der Waals surface area contributed by atoms with Crippen LogP contribution in [-0.2, 0) is 24.1 Å². The van der Waals surface area contributed by atoms with Crippen molar-refractivity contribution in [3.63, 3.8) is 0 Å². The molecule has 0 saturated heterocycles. The Morgan fingerprint density at radius 1 is 0.892 bits per heavy atom. The Balaban J connectivity index is 1.26. The van der Waals surface area contributed by atoms with Crippen molar-refractivity contribution in [2.45, 2.75) is 12.8 Å². The molecular weight excluding hydrogens is 490 g/mol. The second kappa shape index (κ2) is 10.3. The molecule has 0 radical (unpaired) electrons. The second-order valence-corrected chi connectivity index (χ2v) is 9.36. The summed E-state index contributed by atoms with van der Waals surface area (Å²) in [5, 5.41) is 3.14. The fraction of sp³-hybridized carbons (Fsp3) is 0.111. The van der Waals surface area contributed by atoms with Gasteiger partial charge in [0.1, 0.15) is 0 Å². The van der Waals surface area contributed by atoms with Crippen LogP contribution in [0.3, 0.4) is 0 Å². The van der Waals surface area contributed by atoms with Crippen LogP contribution in [0.1, 0.15) is 32.0 Å². The minimum Gasteiger partial charge on any atom is -0.755 e. The first kappa shape index (κ1) is 24.3. The maximum atomic E-state index is 12.7. The van der Waals surface area contributed by atoms with Crippen molar-refractivity contribution < 1.29 is 18.4 Å². The SMILES string of the molecule is CN(c1ccccc1CCc1ccnc(Nc2ccc(N3C(=O)c4ccccc4C3=O)cc2)n1)S(=O)[O-]. The molecular formula is C27H22N5O4S-. The van der Waals surface area contributed by atoms with Crippen LogP contribution in [0.4, 0.5) is 23.0 Å². The first-order valence-electron chi connectivity index (χ1n) is 11.5. The number of aryl methyl sites for hydroxylation is 2. The lowest BCUT2D eigenvalue weighted by Crippen LogP contribution is -2.29. The lowest BCUT2D eigenvalue weighted by molar-refractivity contribution is 0.0926. The monoisotopic (exact) mass is 512 g/mol. The van der Waals surface area contributed by atoms with E-state index in [4.69, 9.17) is 0 Å². The second-order valence-electron chi connectivity index (χ2n) is 8.38. The fourth-order valence-electron chi connectivity index (χ4n) is 4.21. The van der Waals surface area contributed by atoms with E-state index in [0.717, 1.165) is 11.3 Å². The highest BCUT2D eigenvalue weighted by Gasteiger charge is 2.36. The van der Waals surface area contributed by atoms with Gasteiger partial charge in [0.15, 0.2) is 0 Å². The number of para-hydroxylation sites is 1. The summed E-state index contributed by atoms with van der Waals surface area (Å²) >= 11 is -2.36. The van der Waals surface area contributed by atoms with Crippen LogP contribution in [0.25, 0.3) is 0 Å². The Labute approximate surface area is 216 Å². The first-order chi connectivity index (χ1) is 17.9. The smallest absolute Gasteiger partial charge is 0.266 e. The van der Waals surface area contributed by atoms with Gasteiger partial charge in [-0.2, -0.15) is 0 Å². The molecule has 1 aliphatic heterocycles. The zero-order chi connectivity index (χ0) is 25.9. The van der Waals surface area contributed by atoms with Crippen molar-refractivity contribution in [2.75, 3.05) is 21.6 Å². The number of anilines is 4. The van der Waals surface area contributed by atoms with E-state index in [1.54, 1.807) is 66.9 Å². The molecule has 4 aromatic rings. The number of fused-ring (bicyclic) bond motifs is 1. The summed E-state index contributed by atoms with van der Waals surface area (Å²) in [4.78, 5) is 35.4. The van der Waals surface area contributed by atoms with Crippen LogP contribution in [0.2, 0.25) is 0 Å². The highest BCUT2D eigenvalue weighted by Crippen LogP contribution is 2.29. The Kier molecular flexibility index (Phi) is 6.76. The van der Waals surface area contributed by atoms with E-state index in [-0.39, 0.29) is 11.8 Å². The van der Waals surface area contributed by atoms with Gasteiger partial charge in [0.25, 0.3) is 11.8 Å². The lowest BCUT2D eigenvalue weighted by atomic mass is 10.1. The molecule has 5 rings (SSSR count). The maximum absolute atomic E-state index is 12.7. The van der Waals surface area contributed by atoms with E-state index >= 15 is 0 Å². The number of rotatable bonds is 8. The molecule has 1 unspecified atom stereocenters. The zero-order valence-corrected chi connectivity index (χ0v) is 20.6. The fourth-order valence-corrected chi connectivity index (χ4v) is 4.55. The minimum absolute atomic E-state index is 0.341. The number of aromatic nitrogens is 2. The van der Waals surface area contributed by atoms with Gasteiger partial charge in [-0.05, 0) is 66.9 Å². The Hall–Kier alpha value is -4.41. The molecule has 1 aliphatic rings. The zero-order valence-electron chi connectivity index (χ0n) is 19.8. The number of nitrogens with zero attached hydrogens (tertiary/aromatic N) is 4. The molecule has 1 atom stereocenters. The molecule has 1 aromatic heterocycles. The largest absolute Gasteiger partial charge is 0.755 e. The normalized spacial score (nSPS) is 13.4. The first-order valence-corrected chi connectivity index (χ1v) is 12.5. The summed E-state index contributed by atoms with van der Waals surface area (Å²) in [5.74, 6) is -0.282. The number of benzene rings is 3. The van der Waals surface area contributed by atoms with Crippen LogP contribution in [0.15, 0.2) is 85.1 Å². The van der Waals surface area contributed by atoms with Gasteiger partial charge < -0.3 is 14.2 Å². The molecule has 10 heteroatoms. The number of carbonyl (C=O) groups excluding carboxylic acids is 2. The Morgan fingerprint density at radius 3 is 2.22 bits per heavy atom. The summed E-state index contributed by atoms with van der Waals surface area (Å²) in [6.07, 6.45) is 2.85. The molecule has 1 N–H and O–H groups in total.